The monoisotopic (exact) mass is 321 g/mol. The highest BCUT2D eigenvalue weighted by Gasteiger charge is 2.13. The minimum Gasteiger partial charge on any atom is -0.325 e. The first kappa shape index (κ1) is 17.9. The van der Waals surface area contributed by atoms with E-state index in [4.69, 9.17) is 0 Å². The first-order chi connectivity index (χ1) is 11.0. The van der Waals surface area contributed by atoms with Gasteiger partial charge in [-0.2, -0.15) is 0 Å². The molecule has 0 unspecified atom stereocenters. The molecule has 0 radical (unpaired) electrons. The lowest BCUT2D eigenvalue weighted by molar-refractivity contribution is -0.115. The summed E-state index contributed by atoms with van der Waals surface area (Å²) < 4.78 is 13.1. The number of halogens is 1. The fourth-order valence-corrected chi connectivity index (χ4v) is 3.00. The van der Waals surface area contributed by atoms with Gasteiger partial charge in [-0.3, -0.25) is 4.79 Å². The van der Waals surface area contributed by atoms with Crippen molar-refractivity contribution in [2.45, 2.75) is 45.6 Å². The van der Waals surface area contributed by atoms with Gasteiger partial charge in [0.05, 0.1) is 6.54 Å². The molecule has 0 spiro atoms. The SMILES string of the molecule is Cc1cc(F)ccc1NC(=O)CN[C@H](C)CN1CCCCCC1. The van der Waals surface area contributed by atoms with Crippen LogP contribution in [0.25, 0.3) is 0 Å². The van der Waals surface area contributed by atoms with E-state index >= 15 is 0 Å². The number of amides is 1. The quantitative estimate of drug-likeness (QED) is 0.847. The third kappa shape index (κ3) is 6.28. The minimum atomic E-state index is -0.287. The summed E-state index contributed by atoms with van der Waals surface area (Å²) in [6.45, 7) is 7.46. The van der Waals surface area contributed by atoms with Crippen molar-refractivity contribution in [1.82, 2.24) is 10.2 Å². The lowest BCUT2D eigenvalue weighted by Crippen LogP contribution is -2.42. The van der Waals surface area contributed by atoms with Crippen molar-refractivity contribution >= 4 is 11.6 Å². The number of carbonyl (C=O) groups is 1. The maximum absolute atomic E-state index is 13.1. The van der Waals surface area contributed by atoms with E-state index in [-0.39, 0.29) is 24.3 Å². The van der Waals surface area contributed by atoms with Gasteiger partial charge in [-0.05, 0) is 63.5 Å². The highest BCUT2D eigenvalue weighted by atomic mass is 19.1. The zero-order chi connectivity index (χ0) is 16.7. The Labute approximate surface area is 138 Å². The molecule has 4 nitrogen and oxygen atoms in total. The molecule has 1 aliphatic heterocycles. The summed E-state index contributed by atoms with van der Waals surface area (Å²) in [4.78, 5) is 14.5. The van der Waals surface area contributed by atoms with Crippen LogP contribution in [0, 0.1) is 12.7 Å². The summed E-state index contributed by atoms with van der Waals surface area (Å²) >= 11 is 0. The van der Waals surface area contributed by atoms with Crippen LogP contribution in [-0.4, -0.2) is 43.0 Å². The molecule has 0 aromatic heterocycles. The Balaban J connectivity index is 1.72. The van der Waals surface area contributed by atoms with Gasteiger partial charge in [0.25, 0.3) is 0 Å². The van der Waals surface area contributed by atoms with Crippen molar-refractivity contribution in [3.05, 3.63) is 29.6 Å². The van der Waals surface area contributed by atoms with E-state index in [1.165, 1.54) is 37.8 Å². The van der Waals surface area contributed by atoms with Gasteiger partial charge in [0, 0.05) is 18.3 Å². The summed E-state index contributed by atoms with van der Waals surface area (Å²) in [6, 6.07) is 4.65. The molecule has 0 saturated carbocycles. The van der Waals surface area contributed by atoms with Crippen LogP contribution in [0.4, 0.5) is 10.1 Å². The van der Waals surface area contributed by atoms with E-state index in [0.717, 1.165) is 25.2 Å². The summed E-state index contributed by atoms with van der Waals surface area (Å²) in [5.74, 6) is -0.382. The summed E-state index contributed by atoms with van der Waals surface area (Å²) in [6.07, 6.45) is 5.21. The lowest BCUT2D eigenvalue weighted by Gasteiger charge is -2.24. The molecule has 2 N–H and O–H groups in total. The van der Waals surface area contributed by atoms with Crippen LogP contribution in [0.1, 0.15) is 38.2 Å². The molecule has 5 heteroatoms. The Hall–Kier alpha value is -1.46. The number of hydrogen-bond acceptors (Lipinski definition) is 3. The number of carbonyl (C=O) groups excluding carboxylic acids is 1. The molecule has 1 fully saturated rings. The molecule has 128 valence electrons. The first-order valence-electron chi connectivity index (χ1n) is 8.56. The Morgan fingerprint density at radius 3 is 2.61 bits per heavy atom. The van der Waals surface area contributed by atoms with Crippen molar-refractivity contribution in [3.8, 4) is 0 Å². The Morgan fingerprint density at radius 2 is 1.96 bits per heavy atom. The van der Waals surface area contributed by atoms with E-state index in [9.17, 15) is 9.18 Å². The van der Waals surface area contributed by atoms with E-state index < -0.39 is 0 Å². The normalized spacial score (nSPS) is 17.5. The molecular weight excluding hydrogens is 293 g/mol. The van der Waals surface area contributed by atoms with Gasteiger partial charge in [-0.25, -0.2) is 4.39 Å². The van der Waals surface area contributed by atoms with Crippen molar-refractivity contribution in [3.63, 3.8) is 0 Å². The third-order valence-corrected chi connectivity index (χ3v) is 4.30. The van der Waals surface area contributed by atoms with Gasteiger partial charge < -0.3 is 15.5 Å². The standard InChI is InChI=1S/C18H28FN3O/c1-14-11-16(19)7-8-17(14)21-18(23)12-20-15(2)13-22-9-5-3-4-6-10-22/h7-8,11,15,20H,3-6,9-10,12-13H2,1-2H3,(H,21,23)/t15-/m1/s1. The summed E-state index contributed by atoms with van der Waals surface area (Å²) in [7, 11) is 0. The van der Waals surface area contributed by atoms with E-state index in [1.807, 2.05) is 0 Å². The molecule has 1 saturated heterocycles. The van der Waals surface area contributed by atoms with E-state index in [2.05, 4.69) is 22.5 Å². The number of anilines is 1. The number of benzene rings is 1. The van der Waals surface area contributed by atoms with Crippen molar-refractivity contribution in [1.29, 1.82) is 0 Å². The van der Waals surface area contributed by atoms with Gasteiger partial charge in [-0.1, -0.05) is 12.8 Å². The van der Waals surface area contributed by atoms with Crippen LogP contribution < -0.4 is 10.6 Å². The molecule has 1 atom stereocenters. The molecule has 1 aliphatic rings. The summed E-state index contributed by atoms with van der Waals surface area (Å²) in [5, 5.41) is 6.10. The Kier molecular flexibility index (Phi) is 6.99. The molecule has 1 aromatic carbocycles. The van der Waals surface area contributed by atoms with Crippen LogP contribution in [-0.2, 0) is 4.79 Å². The average molecular weight is 321 g/mol. The molecule has 23 heavy (non-hydrogen) atoms. The maximum atomic E-state index is 13.1. The predicted octanol–water partition coefficient (Wildman–Crippen LogP) is 2.93. The molecule has 1 amide bonds. The number of likely N-dealkylation sites (tertiary alicyclic amines) is 1. The molecule has 1 heterocycles. The van der Waals surface area contributed by atoms with Crippen molar-refractivity contribution < 1.29 is 9.18 Å². The Bertz CT molecular complexity index is 513. The second-order valence-corrected chi connectivity index (χ2v) is 6.50. The number of aryl methyl sites for hydroxylation is 1. The largest absolute Gasteiger partial charge is 0.325 e. The maximum Gasteiger partial charge on any atom is 0.238 e. The number of hydrogen-bond donors (Lipinski definition) is 2. The number of nitrogens with one attached hydrogen (secondary N) is 2. The van der Waals surface area contributed by atoms with Crippen molar-refractivity contribution in [2.75, 3.05) is 31.5 Å². The van der Waals surface area contributed by atoms with Gasteiger partial charge in [0.1, 0.15) is 5.82 Å². The predicted molar refractivity (Wildman–Crippen MR) is 92.1 cm³/mol. The van der Waals surface area contributed by atoms with Gasteiger partial charge in [0.15, 0.2) is 0 Å². The molecule has 0 bridgehead atoms. The lowest BCUT2D eigenvalue weighted by atomic mass is 10.2. The fraction of sp³-hybridized carbons (Fsp3) is 0.611. The second kappa shape index (κ2) is 8.99. The van der Waals surface area contributed by atoms with Gasteiger partial charge >= 0.3 is 0 Å². The van der Waals surface area contributed by atoms with Crippen LogP contribution in [0.15, 0.2) is 18.2 Å². The zero-order valence-corrected chi connectivity index (χ0v) is 14.2. The smallest absolute Gasteiger partial charge is 0.238 e. The fourth-order valence-electron chi connectivity index (χ4n) is 3.00. The van der Waals surface area contributed by atoms with Crippen LogP contribution in [0.2, 0.25) is 0 Å². The molecular formula is C18H28FN3O. The van der Waals surface area contributed by atoms with E-state index in [1.54, 1.807) is 13.0 Å². The third-order valence-electron chi connectivity index (χ3n) is 4.30. The average Bonchev–Trinajstić information content (AvgIpc) is 2.77. The molecule has 1 aromatic rings. The zero-order valence-electron chi connectivity index (χ0n) is 14.2. The van der Waals surface area contributed by atoms with Crippen LogP contribution in [0.5, 0.6) is 0 Å². The van der Waals surface area contributed by atoms with Crippen LogP contribution in [0.3, 0.4) is 0 Å². The minimum absolute atomic E-state index is 0.0950. The topological polar surface area (TPSA) is 44.4 Å². The second-order valence-electron chi connectivity index (χ2n) is 6.50. The van der Waals surface area contributed by atoms with Gasteiger partial charge in [0.2, 0.25) is 5.91 Å². The molecule has 0 aliphatic carbocycles. The number of nitrogens with zero attached hydrogens (tertiary/aromatic N) is 1. The number of rotatable bonds is 6. The van der Waals surface area contributed by atoms with Crippen molar-refractivity contribution in [2.24, 2.45) is 0 Å². The highest BCUT2D eigenvalue weighted by molar-refractivity contribution is 5.92. The highest BCUT2D eigenvalue weighted by Crippen LogP contribution is 2.15. The molecule has 2 rings (SSSR count). The Morgan fingerprint density at radius 1 is 1.26 bits per heavy atom. The first-order valence-corrected chi connectivity index (χ1v) is 8.56. The van der Waals surface area contributed by atoms with Gasteiger partial charge in [-0.15, -0.1) is 0 Å². The van der Waals surface area contributed by atoms with E-state index in [0.29, 0.717) is 5.69 Å². The summed E-state index contributed by atoms with van der Waals surface area (Å²) in [5.41, 5.74) is 1.40. The van der Waals surface area contributed by atoms with Crippen LogP contribution >= 0.6 is 0 Å².